The van der Waals surface area contributed by atoms with E-state index in [2.05, 4.69) is 15.9 Å². The first-order valence-corrected chi connectivity index (χ1v) is 8.03. The van der Waals surface area contributed by atoms with Crippen LogP contribution in [-0.4, -0.2) is 55.8 Å². The molecule has 1 aromatic rings. The Morgan fingerprint density at radius 2 is 2.13 bits per heavy atom. The number of carbonyl (C=O) groups is 2. The number of methoxy groups -OCH3 is 2. The number of benzene rings is 1. The number of carboxylic acids is 1. The molecular weight excluding hydrogens is 366 g/mol. The second-order valence-electron chi connectivity index (χ2n) is 5.72. The average molecular weight is 386 g/mol. The molecule has 1 saturated heterocycles. The first kappa shape index (κ1) is 17.7. The van der Waals surface area contributed by atoms with Crippen molar-refractivity contribution in [2.24, 2.45) is 5.41 Å². The van der Waals surface area contributed by atoms with Crippen molar-refractivity contribution in [3.8, 4) is 5.75 Å². The van der Waals surface area contributed by atoms with Crippen molar-refractivity contribution in [1.82, 2.24) is 4.90 Å². The van der Waals surface area contributed by atoms with E-state index < -0.39 is 11.4 Å². The maximum Gasteiger partial charge on any atom is 0.313 e. The molecule has 1 unspecified atom stereocenters. The smallest absolute Gasteiger partial charge is 0.313 e. The Morgan fingerprint density at radius 3 is 2.74 bits per heavy atom. The fourth-order valence-electron chi connectivity index (χ4n) is 2.88. The minimum atomic E-state index is -1.01. The fourth-order valence-corrected chi connectivity index (χ4v) is 3.28. The van der Waals surface area contributed by atoms with Gasteiger partial charge in [-0.15, -0.1) is 0 Å². The number of halogens is 1. The molecule has 0 aliphatic carbocycles. The molecule has 0 aromatic heterocycles. The standard InChI is InChI=1S/C16H20BrNO5/c1-22-10-16(15(20)21)5-6-18(9-16)14(19)8-11-7-12(17)3-4-13(11)23-2/h3-4,7H,5-6,8-10H2,1-2H3,(H,20,21). The third kappa shape index (κ3) is 3.84. The molecule has 7 heteroatoms. The number of nitrogens with zero attached hydrogens (tertiary/aromatic N) is 1. The molecule has 126 valence electrons. The molecule has 6 nitrogen and oxygen atoms in total. The van der Waals surface area contributed by atoms with Crippen LogP contribution in [0.2, 0.25) is 0 Å². The number of carbonyl (C=O) groups excluding carboxylic acids is 1. The minimum Gasteiger partial charge on any atom is -0.496 e. The molecule has 23 heavy (non-hydrogen) atoms. The maximum absolute atomic E-state index is 12.5. The van der Waals surface area contributed by atoms with Crippen LogP contribution in [0.3, 0.4) is 0 Å². The number of hydrogen-bond acceptors (Lipinski definition) is 4. The molecule has 1 atom stereocenters. The van der Waals surface area contributed by atoms with Crippen LogP contribution in [0.25, 0.3) is 0 Å². The Kier molecular flexibility index (Phi) is 5.64. The predicted octanol–water partition coefficient (Wildman–Crippen LogP) is 1.95. The van der Waals surface area contributed by atoms with Crippen molar-refractivity contribution in [1.29, 1.82) is 0 Å². The average Bonchev–Trinajstić information content (AvgIpc) is 2.94. The lowest BCUT2D eigenvalue weighted by atomic mass is 9.88. The third-order valence-electron chi connectivity index (χ3n) is 4.16. The molecule has 1 aliphatic rings. The normalized spacial score (nSPS) is 20.6. The SMILES string of the molecule is COCC1(C(=O)O)CCN(C(=O)Cc2cc(Br)ccc2OC)C1. The van der Waals surface area contributed by atoms with Gasteiger partial charge in [0.2, 0.25) is 5.91 Å². The molecule has 1 fully saturated rings. The first-order chi connectivity index (χ1) is 10.9. The fraction of sp³-hybridized carbons (Fsp3) is 0.500. The zero-order valence-corrected chi connectivity index (χ0v) is 14.8. The van der Waals surface area contributed by atoms with Crippen LogP contribution in [0.1, 0.15) is 12.0 Å². The van der Waals surface area contributed by atoms with Gasteiger partial charge in [-0.2, -0.15) is 0 Å². The van der Waals surface area contributed by atoms with Gasteiger partial charge in [0.05, 0.1) is 20.1 Å². The van der Waals surface area contributed by atoms with Crippen LogP contribution in [0.4, 0.5) is 0 Å². The van der Waals surface area contributed by atoms with Crippen molar-refractivity contribution in [3.63, 3.8) is 0 Å². The highest BCUT2D eigenvalue weighted by Crippen LogP contribution is 2.32. The lowest BCUT2D eigenvalue weighted by Gasteiger charge is -2.24. The highest BCUT2D eigenvalue weighted by atomic mass is 79.9. The summed E-state index contributed by atoms with van der Waals surface area (Å²) in [5.74, 6) is -0.391. The largest absolute Gasteiger partial charge is 0.496 e. The van der Waals surface area contributed by atoms with Crippen LogP contribution in [0.15, 0.2) is 22.7 Å². The van der Waals surface area contributed by atoms with Crippen LogP contribution in [0.5, 0.6) is 5.75 Å². The van der Waals surface area contributed by atoms with E-state index in [4.69, 9.17) is 9.47 Å². The molecule has 0 bridgehead atoms. The second-order valence-corrected chi connectivity index (χ2v) is 6.63. The molecule has 1 aliphatic heterocycles. The molecule has 0 spiro atoms. The molecule has 0 saturated carbocycles. The number of carboxylic acid groups (broad SMARTS) is 1. The third-order valence-corrected chi connectivity index (χ3v) is 4.66. The number of amides is 1. The highest BCUT2D eigenvalue weighted by Gasteiger charge is 2.46. The zero-order valence-electron chi connectivity index (χ0n) is 13.2. The van der Waals surface area contributed by atoms with Gasteiger partial charge in [-0.05, 0) is 24.6 Å². The van der Waals surface area contributed by atoms with E-state index in [9.17, 15) is 14.7 Å². The van der Waals surface area contributed by atoms with E-state index in [0.29, 0.717) is 18.7 Å². The molecular formula is C16H20BrNO5. The van der Waals surface area contributed by atoms with E-state index in [1.165, 1.54) is 7.11 Å². The summed E-state index contributed by atoms with van der Waals surface area (Å²) < 4.78 is 11.2. The van der Waals surface area contributed by atoms with E-state index in [-0.39, 0.29) is 25.5 Å². The lowest BCUT2D eigenvalue weighted by molar-refractivity contribution is -0.151. The quantitative estimate of drug-likeness (QED) is 0.809. The summed E-state index contributed by atoms with van der Waals surface area (Å²) in [7, 11) is 3.03. The van der Waals surface area contributed by atoms with Gasteiger partial charge in [0.15, 0.2) is 0 Å². The van der Waals surface area contributed by atoms with E-state index in [1.807, 2.05) is 12.1 Å². The summed E-state index contributed by atoms with van der Waals surface area (Å²) in [6, 6.07) is 5.48. The number of aliphatic carboxylic acids is 1. The Hall–Kier alpha value is -1.60. The minimum absolute atomic E-state index is 0.103. The van der Waals surface area contributed by atoms with Crippen molar-refractivity contribution in [2.75, 3.05) is 33.9 Å². The molecule has 1 aromatic carbocycles. The number of rotatable bonds is 6. The van der Waals surface area contributed by atoms with Gasteiger partial charge in [-0.25, -0.2) is 0 Å². The zero-order chi connectivity index (χ0) is 17.0. The lowest BCUT2D eigenvalue weighted by Crippen LogP contribution is -2.40. The van der Waals surface area contributed by atoms with Crippen LogP contribution >= 0.6 is 15.9 Å². The van der Waals surface area contributed by atoms with Crippen LogP contribution in [-0.2, 0) is 20.7 Å². The number of likely N-dealkylation sites (tertiary alicyclic amines) is 1. The molecule has 1 N–H and O–H groups in total. The summed E-state index contributed by atoms with van der Waals surface area (Å²) in [5, 5.41) is 9.46. The van der Waals surface area contributed by atoms with Gasteiger partial charge in [0.1, 0.15) is 11.2 Å². The number of hydrogen-bond donors (Lipinski definition) is 1. The molecule has 2 rings (SSSR count). The van der Waals surface area contributed by atoms with Crippen molar-refractivity contribution >= 4 is 27.8 Å². The highest BCUT2D eigenvalue weighted by molar-refractivity contribution is 9.10. The second kappa shape index (κ2) is 7.31. The molecule has 1 amide bonds. The van der Waals surface area contributed by atoms with Crippen LogP contribution < -0.4 is 4.74 Å². The summed E-state index contributed by atoms with van der Waals surface area (Å²) >= 11 is 3.38. The van der Waals surface area contributed by atoms with Crippen molar-refractivity contribution in [3.05, 3.63) is 28.2 Å². The summed E-state index contributed by atoms with van der Waals surface area (Å²) in [4.78, 5) is 25.7. The van der Waals surface area contributed by atoms with E-state index in [0.717, 1.165) is 10.0 Å². The van der Waals surface area contributed by atoms with Gasteiger partial charge >= 0.3 is 5.97 Å². The topological polar surface area (TPSA) is 76.1 Å². The number of ether oxygens (including phenoxy) is 2. The van der Waals surface area contributed by atoms with Gasteiger partial charge in [-0.1, -0.05) is 15.9 Å². The first-order valence-electron chi connectivity index (χ1n) is 7.24. The van der Waals surface area contributed by atoms with Gasteiger partial charge in [-0.3, -0.25) is 9.59 Å². The van der Waals surface area contributed by atoms with Gasteiger partial charge < -0.3 is 19.5 Å². The maximum atomic E-state index is 12.5. The predicted molar refractivity (Wildman–Crippen MR) is 87.5 cm³/mol. The van der Waals surface area contributed by atoms with E-state index >= 15 is 0 Å². The van der Waals surface area contributed by atoms with Crippen LogP contribution in [0, 0.1) is 5.41 Å². The Balaban J connectivity index is 2.11. The van der Waals surface area contributed by atoms with Gasteiger partial charge in [0, 0.05) is 30.2 Å². The van der Waals surface area contributed by atoms with Crippen molar-refractivity contribution in [2.45, 2.75) is 12.8 Å². The Bertz CT molecular complexity index is 606. The van der Waals surface area contributed by atoms with Crippen molar-refractivity contribution < 1.29 is 24.2 Å². The Morgan fingerprint density at radius 1 is 1.39 bits per heavy atom. The Labute approximate surface area is 143 Å². The summed E-state index contributed by atoms with van der Waals surface area (Å²) in [6.07, 6.45) is 0.572. The summed E-state index contributed by atoms with van der Waals surface area (Å²) in [5.41, 5.74) is -0.238. The monoisotopic (exact) mass is 385 g/mol. The van der Waals surface area contributed by atoms with Gasteiger partial charge in [0.25, 0.3) is 0 Å². The summed E-state index contributed by atoms with van der Waals surface area (Å²) in [6.45, 7) is 0.697. The van der Waals surface area contributed by atoms with E-state index in [1.54, 1.807) is 18.1 Å². The molecule has 1 heterocycles. The molecule has 0 radical (unpaired) electrons.